The van der Waals surface area contributed by atoms with Crippen LogP contribution in [-0.2, 0) is 7.05 Å². The van der Waals surface area contributed by atoms with Crippen molar-refractivity contribution in [3.8, 4) is 11.3 Å². The summed E-state index contributed by atoms with van der Waals surface area (Å²) >= 11 is 0. The largest absolute Gasteiger partial charge is 0.212 e. The molecule has 0 atom stereocenters. The number of pyridine rings is 1. The zero-order valence-corrected chi connectivity index (χ0v) is 9.83. The molecule has 0 saturated heterocycles. The molecule has 0 unspecified atom stereocenters. The summed E-state index contributed by atoms with van der Waals surface area (Å²) in [7, 11) is 1.84. The third kappa shape index (κ3) is 1.99. The van der Waals surface area contributed by atoms with Crippen LogP contribution in [0, 0.1) is 20.7 Å². The van der Waals surface area contributed by atoms with E-state index >= 15 is 0 Å². The molecule has 1 heterocycles. The van der Waals surface area contributed by atoms with Gasteiger partial charge in [-0.1, -0.05) is 17.7 Å². The van der Waals surface area contributed by atoms with Gasteiger partial charge in [0.1, 0.15) is 8.42 Å². The lowest BCUT2D eigenvalue weighted by Crippen LogP contribution is -2.30. The van der Waals surface area contributed by atoms with Crippen LogP contribution in [0.4, 0.5) is 0 Å². The van der Waals surface area contributed by atoms with E-state index in [1.54, 1.807) is 22.8 Å². The van der Waals surface area contributed by atoms with Gasteiger partial charge in [0.2, 0.25) is 5.69 Å². The molecule has 1 nitrogen and oxygen atoms in total. The number of aromatic nitrogens is 1. The first-order chi connectivity index (χ1) is 9.20. The van der Waals surface area contributed by atoms with Crippen LogP contribution in [-0.4, -0.2) is 0 Å². The summed E-state index contributed by atoms with van der Waals surface area (Å²) in [6, 6.07) is 8.98. The lowest BCUT2D eigenvalue weighted by Gasteiger charge is -2.06. The van der Waals surface area contributed by atoms with E-state index in [0.717, 1.165) is 22.4 Å². The van der Waals surface area contributed by atoms with Gasteiger partial charge in [0, 0.05) is 21.8 Å². The van der Waals surface area contributed by atoms with Gasteiger partial charge in [0.25, 0.3) is 0 Å². The van der Waals surface area contributed by atoms with E-state index in [2.05, 4.69) is 0 Å². The summed E-state index contributed by atoms with van der Waals surface area (Å²) in [5.41, 5.74) is 4.14. The molecule has 0 aliphatic carbocycles. The van der Waals surface area contributed by atoms with Crippen LogP contribution < -0.4 is 4.57 Å². The standard InChI is InChI=1S/C15H18N/c1-11-5-6-14(13(3)9-11)15-10-12(2)7-8-16(15)4/h5-10H,1-4H3/q+1/i1D3,8D. The van der Waals surface area contributed by atoms with Gasteiger partial charge in [-0.15, -0.1) is 0 Å². The topological polar surface area (TPSA) is 3.88 Å². The van der Waals surface area contributed by atoms with Crippen LogP contribution in [0.2, 0.25) is 0 Å². The maximum absolute atomic E-state index is 7.94. The van der Waals surface area contributed by atoms with Crippen molar-refractivity contribution in [2.24, 2.45) is 7.05 Å². The van der Waals surface area contributed by atoms with Crippen molar-refractivity contribution in [1.29, 1.82) is 0 Å². The summed E-state index contributed by atoms with van der Waals surface area (Å²) in [4.78, 5) is 0. The second kappa shape index (κ2) is 4.09. The van der Waals surface area contributed by atoms with Crippen molar-refractivity contribution in [3.63, 3.8) is 0 Å². The molecule has 16 heavy (non-hydrogen) atoms. The highest BCUT2D eigenvalue weighted by Gasteiger charge is 2.11. The van der Waals surface area contributed by atoms with E-state index in [4.69, 9.17) is 5.48 Å². The Bertz CT molecular complexity index is 660. The Morgan fingerprint density at radius 3 is 2.62 bits per heavy atom. The quantitative estimate of drug-likeness (QED) is 0.645. The lowest BCUT2D eigenvalue weighted by molar-refractivity contribution is -0.660. The maximum atomic E-state index is 7.94. The van der Waals surface area contributed by atoms with E-state index in [-0.39, 0.29) is 0 Å². The molecule has 1 aromatic carbocycles. The van der Waals surface area contributed by atoms with Gasteiger partial charge < -0.3 is 0 Å². The molecule has 0 saturated carbocycles. The Labute approximate surface area is 103 Å². The molecule has 1 heteroatoms. The fourth-order valence-electron chi connectivity index (χ4n) is 1.83. The first-order valence-electron chi connectivity index (χ1n) is 7.29. The average molecular weight is 216 g/mol. The van der Waals surface area contributed by atoms with Crippen LogP contribution in [0.1, 0.15) is 22.2 Å². The van der Waals surface area contributed by atoms with Gasteiger partial charge in [-0.05, 0) is 37.9 Å². The van der Waals surface area contributed by atoms with Crippen molar-refractivity contribution in [1.82, 2.24) is 0 Å². The van der Waals surface area contributed by atoms with Crippen LogP contribution in [0.15, 0.2) is 36.5 Å². The predicted molar refractivity (Wildman–Crippen MR) is 67.3 cm³/mol. The molecule has 0 amide bonds. The number of hydrogen-bond donors (Lipinski definition) is 0. The highest BCUT2D eigenvalue weighted by molar-refractivity contribution is 5.61. The van der Waals surface area contributed by atoms with E-state index in [1.807, 2.05) is 33.0 Å². The Hall–Kier alpha value is -1.63. The second-order valence-electron chi connectivity index (χ2n) is 4.14. The molecular weight excluding hydrogens is 194 g/mol. The highest BCUT2D eigenvalue weighted by Crippen LogP contribution is 2.21. The van der Waals surface area contributed by atoms with Crippen molar-refractivity contribution in [3.05, 3.63) is 53.2 Å². The van der Waals surface area contributed by atoms with Gasteiger partial charge >= 0.3 is 0 Å². The Morgan fingerprint density at radius 1 is 1.12 bits per heavy atom. The lowest BCUT2D eigenvalue weighted by atomic mass is 10.0. The van der Waals surface area contributed by atoms with E-state index in [1.165, 1.54) is 0 Å². The Balaban J connectivity index is 2.60. The van der Waals surface area contributed by atoms with E-state index in [0.29, 0.717) is 11.7 Å². The molecule has 0 aliphatic rings. The minimum absolute atomic E-state index is 0.347. The zero-order chi connectivity index (χ0) is 15.1. The maximum Gasteiger partial charge on any atom is 0.212 e. The van der Waals surface area contributed by atoms with Crippen molar-refractivity contribution >= 4 is 0 Å². The van der Waals surface area contributed by atoms with Gasteiger partial charge in [-0.3, -0.25) is 0 Å². The number of benzene rings is 1. The number of rotatable bonds is 1. The van der Waals surface area contributed by atoms with Gasteiger partial charge in [0.05, 0.1) is 0 Å². The van der Waals surface area contributed by atoms with Gasteiger partial charge in [-0.2, -0.15) is 0 Å². The fraction of sp³-hybridized carbons (Fsp3) is 0.267. The third-order valence-electron chi connectivity index (χ3n) is 2.71. The summed E-state index contributed by atoms with van der Waals surface area (Å²) in [6.45, 7) is 1.77. The zero-order valence-electron chi connectivity index (χ0n) is 13.8. The van der Waals surface area contributed by atoms with Crippen molar-refractivity contribution < 1.29 is 10.1 Å². The predicted octanol–water partition coefficient (Wildman–Crippen LogP) is 3.10. The molecule has 0 fully saturated rings. The van der Waals surface area contributed by atoms with Crippen LogP contribution in [0.25, 0.3) is 11.3 Å². The minimum Gasteiger partial charge on any atom is -0.201 e. The summed E-state index contributed by atoms with van der Waals surface area (Å²) in [5, 5.41) is 0. The molecule has 2 aromatic rings. The number of nitrogens with zero attached hydrogens (tertiary/aromatic N) is 1. The molecule has 0 aliphatic heterocycles. The van der Waals surface area contributed by atoms with Crippen molar-refractivity contribution in [2.45, 2.75) is 20.7 Å². The molecule has 0 bridgehead atoms. The SMILES string of the molecule is [2H]c1cc(C)cc(-c2ccc(C([2H])([2H])[2H])cc2C)[n+]1C. The Kier molecular flexibility index (Phi) is 1.75. The summed E-state index contributed by atoms with van der Waals surface area (Å²) in [6.07, 6.45) is 0.430. The third-order valence-corrected chi connectivity index (χ3v) is 2.71. The average Bonchev–Trinajstić information content (AvgIpc) is 2.33. The molecule has 82 valence electrons. The van der Waals surface area contributed by atoms with Crippen LogP contribution >= 0.6 is 0 Å². The summed E-state index contributed by atoms with van der Waals surface area (Å²) < 4.78 is 32.1. The second-order valence-corrected chi connectivity index (χ2v) is 4.14. The molecule has 0 spiro atoms. The van der Waals surface area contributed by atoms with E-state index < -0.39 is 6.85 Å². The first-order valence-corrected chi connectivity index (χ1v) is 5.29. The Morgan fingerprint density at radius 2 is 1.94 bits per heavy atom. The van der Waals surface area contributed by atoms with Gasteiger partial charge in [0.15, 0.2) is 6.17 Å². The molecule has 0 radical (unpaired) electrons. The number of hydrogen-bond acceptors (Lipinski definition) is 0. The smallest absolute Gasteiger partial charge is 0.201 e. The monoisotopic (exact) mass is 216 g/mol. The van der Waals surface area contributed by atoms with Crippen LogP contribution in [0.5, 0.6) is 0 Å². The van der Waals surface area contributed by atoms with E-state index in [9.17, 15) is 0 Å². The highest BCUT2D eigenvalue weighted by atomic mass is 14.9. The fourth-order valence-corrected chi connectivity index (χ4v) is 1.83. The molecule has 0 N–H and O–H groups in total. The first kappa shape index (κ1) is 6.85. The normalized spacial score (nSPS) is 14.9. The summed E-state index contributed by atoms with van der Waals surface area (Å²) in [5.74, 6) is 0. The van der Waals surface area contributed by atoms with Crippen molar-refractivity contribution in [2.75, 3.05) is 0 Å². The van der Waals surface area contributed by atoms with Gasteiger partial charge in [-0.25, -0.2) is 4.57 Å². The minimum atomic E-state index is -2.08. The molecular formula is C15H18N+. The van der Waals surface area contributed by atoms with Crippen LogP contribution in [0.3, 0.4) is 0 Å². The molecule has 2 rings (SSSR count). The molecule has 1 aromatic heterocycles. The number of aryl methyl sites for hydroxylation is 3.